The number of hydrogen-bond donors (Lipinski definition) is 0. The largest absolute Gasteiger partial charge is 0.435 e. The summed E-state index contributed by atoms with van der Waals surface area (Å²) in [5, 5.41) is 0. The smallest absolute Gasteiger partial charge is 0.254 e. The summed E-state index contributed by atoms with van der Waals surface area (Å²) in [7, 11) is 0. The number of piperidine rings is 1. The van der Waals surface area contributed by atoms with E-state index in [4.69, 9.17) is 9.72 Å². The Balaban J connectivity index is 1.49. The summed E-state index contributed by atoms with van der Waals surface area (Å²) in [5.74, 6) is 0.307. The molecular formula is C26H26F2N4O2. The molecule has 1 fully saturated rings. The molecule has 8 heteroatoms. The standard InChI is InChI=1S/C26H26F2N4O2/c1-17-9-12-31(13-10-17)26-29-22-11-14-32(25(33)18-5-4-6-19(27)15-18)16-20(22)24(30-26)34-23-8-3-2-7-21(23)28/h2-8,15,17H,9-14,16H2,1H3. The van der Waals surface area contributed by atoms with Gasteiger partial charge in [-0.25, -0.2) is 13.8 Å². The lowest BCUT2D eigenvalue weighted by Crippen LogP contribution is -2.38. The van der Waals surface area contributed by atoms with E-state index in [1.54, 1.807) is 29.2 Å². The van der Waals surface area contributed by atoms with Gasteiger partial charge in [-0.15, -0.1) is 0 Å². The van der Waals surface area contributed by atoms with Crippen LogP contribution in [0.15, 0.2) is 48.5 Å². The lowest BCUT2D eigenvalue weighted by Gasteiger charge is -2.33. The van der Waals surface area contributed by atoms with E-state index in [9.17, 15) is 13.6 Å². The van der Waals surface area contributed by atoms with Crippen LogP contribution in [0.25, 0.3) is 0 Å². The van der Waals surface area contributed by atoms with Gasteiger partial charge in [-0.2, -0.15) is 4.98 Å². The number of amides is 1. The van der Waals surface area contributed by atoms with Gasteiger partial charge in [0.05, 0.1) is 17.8 Å². The number of nitrogens with zero attached hydrogens (tertiary/aromatic N) is 4. The molecule has 0 saturated carbocycles. The van der Waals surface area contributed by atoms with Gasteiger partial charge in [0.15, 0.2) is 11.6 Å². The molecule has 2 aliphatic heterocycles. The maximum Gasteiger partial charge on any atom is 0.254 e. The summed E-state index contributed by atoms with van der Waals surface area (Å²) < 4.78 is 34.0. The molecule has 0 N–H and O–H groups in total. The molecule has 1 aromatic heterocycles. The molecule has 6 nitrogen and oxygen atoms in total. The number of benzene rings is 2. The third-order valence-electron chi connectivity index (χ3n) is 6.48. The normalized spacial score (nSPS) is 16.3. The van der Waals surface area contributed by atoms with Crippen molar-refractivity contribution in [3.05, 3.63) is 77.0 Å². The molecule has 1 amide bonds. The molecule has 0 radical (unpaired) electrons. The zero-order valence-corrected chi connectivity index (χ0v) is 19.0. The van der Waals surface area contributed by atoms with Crippen molar-refractivity contribution in [2.45, 2.75) is 32.7 Å². The molecular weight excluding hydrogens is 438 g/mol. The third kappa shape index (κ3) is 4.58. The highest BCUT2D eigenvalue weighted by atomic mass is 19.1. The van der Waals surface area contributed by atoms with Crippen molar-refractivity contribution in [3.63, 3.8) is 0 Å². The van der Waals surface area contributed by atoms with E-state index in [0.29, 0.717) is 30.4 Å². The zero-order valence-electron chi connectivity index (χ0n) is 19.0. The fourth-order valence-corrected chi connectivity index (χ4v) is 4.41. The molecule has 0 aliphatic carbocycles. The summed E-state index contributed by atoms with van der Waals surface area (Å²) in [6.07, 6.45) is 2.61. The monoisotopic (exact) mass is 464 g/mol. The summed E-state index contributed by atoms with van der Waals surface area (Å²) in [6.45, 7) is 4.58. The lowest BCUT2D eigenvalue weighted by molar-refractivity contribution is 0.0731. The molecule has 176 valence electrons. The Hall–Kier alpha value is -3.55. The number of halogens is 2. The molecule has 3 aromatic rings. The Bertz CT molecular complexity index is 1210. The second kappa shape index (κ2) is 9.37. The van der Waals surface area contributed by atoms with Crippen LogP contribution >= 0.6 is 0 Å². The maximum atomic E-state index is 14.4. The van der Waals surface area contributed by atoms with Crippen LogP contribution in [0.4, 0.5) is 14.7 Å². The van der Waals surface area contributed by atoms with Gasteiger partial charge in [-0.1, -0.05) is 25.1 Å². The molecule has 2 aromatic carbocycles. The van der Waals surface area contributed by atoms with E-state index in [2.05, 4.69) is 16.8 Å². The second-order valence-corrected chi connectivity index (χ2v) is 8.94. The number of carbonyl (C=O) groups is 1. The molecule has 0 spiro atoms. The first-order valence-corrected chi connectivity index (χ1v) is 11.6. The van der Waals surface area contributed by atoms with Crippen molar-refractivity contribution in [1.29, 1.82) is 0 Å². The van der Waals surface area contributed by atoms with Crippen LogP contribution in [-0.2, 0) is 13.0 Å². The quantitative estimate of drug-likeness (QED) is 0.545. The van der Waals surface area contributed by atoms with Crippen LogP contribution in [0.5, 0.6) is 11.6 Å². The highest BCUT2D eigenvalue weighted by Gasteiger charge is 2.29. The number of aromatic nitrogens is 2. The zero-order chi connectivity index (χ0) is 23.7. The summed E-state index contributed by atoms with van der Waals surface area (Å²) in [6, 6.07) is 11.8. The van der Waals surface area contributed by atoms with E-state index in [1.165, 1.54) is 24.3 Å². The number of para-hydroxylation sites is 1. The summed E-state index contributed by atoms with van der Waals surface area (Å²) in [4.78, 5) is 26.3. The van der Waals surface area contributed by atoms with Crippen LogP contribution in [0, 0.1) is 17.6 Å². The first-order valence-electron chi connectivity index (χ1n) is 11.6. The Morgan fingerprint density at radius 2 is 1.82 bits per heavy atom. The van der Waals surface area contributed by atoms with Crippen molar-refractivity contribution in [2.24, 2.45) is 5.92 Å². The van der Waals surface area contributed by atoms with Gasteiger partial charge in [0.1, 0.15) is 5.82 Å². The van der Waals surface area contributed by atoms with Crippen molar-refractivity contribution in [1.82, 2.24) is 14.9 Å². The van der Waals surface area contributed by atoms with Crippen LogP contribution in [0.3, 0.4) is 0 Å². The first-order chi connectivity index (χ1) is 16.5. The third-order valence-corrected chi connectivity index (χ3v) is 6.48. The maximum absolute atomic E-state index is 14.4. The van der Waals surface area contributed by atoms with Gasteiger partial charge >= 0.3 is 0 Å². The molecule has 5 rings (SSSR count). The molecule has 34 heavy (non-hydrogen) atoms. The van der Waals surface area contributed by atoms with Crippen LogP contribution in [0.2, 0.25) is 0 Å². The number of rotatable bonds is 4. The van der Waals surface area contributed by atoms with Crippen LogP contribution in [0.1, 0.15) is 41.4 Å². The van der Waals surface area contributed by atoms with Crippen molar-refractivity contribution < 1.29 is 18.3 Å². The Morgan fingerprint density at radius 1 is 1.03 bits per heavy atom. The highest BCUT2D eigenvalue weighted by Crippen LogP contribution is 2.33. The minimum absolute atomic E-state index is 0.0650. The highest BCUT2D eigenvalue weighted by molar-refractivity contribution is 5.94. The lowest BCUT2D eigenvalue weighted by atomic mass is 9.99. The SMILES string of the molecule is CC1CCN(c2nc3c(c(Oc4ccccc4F)n2)CN(C(=O)c2cccc(F)c2)CC3)CC1. The average molecular weight is 465 g/mol. The fraction of sp³-hybridized carbons (Fsp3) is 0.346. The fourth-order valence-electron chi connectivity index (χ4n) is 4.41. The molecule has 3 heterocycles. The van der Waals surface area contributed by atoms with Gasteiger partial charge in [0.25, 0.3) is 5.91 Å². The van der Waals surface area contributed by atoms with Crippen molar-refractivity contribution in [2.75, 3.05) is 24.5 Å². The predicted octanol–water partition coefficient (Wildman–Crippen LogP) is 4.98. The molecule has 2 aliphatic rings. The Kier molecular flexibility index (Phi) is 6.13. The molecule has 0 bridgehead atoms. The minimum Gasteiger partial charge on any atom is -0.435 e. The average Bonchev–Trinajstić information content (AvgIpc) is 2.85. The first kappa shape index (κ1) is 22.3. The van der Waals surface area contributed by atoms with Crippen molar-refractivity contribution in [3.8, 4) is 11.6 Å². The van der Waals surface area contributed by atoms with Gasteiger partial charge in [-0.3, -0.25) is 4.79 Å². The van der Waals surface area contributed by atoms with Gasteiger partial charge in [0.2, 0.25) is 11.8 Å². The van der Waals surface area contributed by atoms with E-state index in [-0.39, 0.29) is 29.6 Å². The Labute approximate surface area is 197 Å². The van der Waals surface area contributed by atoms with E-state index < -0.39 is 11.6 Å². The predicted molar refractivity (Wildman–Crippen MR) is 124 cm³/mol. The van der Waals surface area contributed by atoms with Crippen molar-refractivity contribution >= 4 is 11.9 Å². The van der Waals surface area contributed by atoms with Crippen LogP contribution < -0.4 is 9.64 Å². The topological polar surface area (TPSA) is 58.6 Å². The number of hydrogen-bond acceptors (Lipinski definition) is 5. The van der Waals surface area contributed by atoms with Crippen LogP contribution in [-0.4, -0.2) is 40.4 Å². The minimum atomic E-state index is -0.494. The van der Waals surface area contributed by atoms with E-state index in [1.807, 2.05) is 0 Å². The van der Waals surface area contributed by atoms with Gasteiger partial charge in [-0.05, 0) is 49.1 Å². The molecule has 0 unspecified atom stereocenters. The Morgan fingerprint density at radius 3 is 2.59 bits per heavy atom. The van der Waals surface area contributed by atoms with Gasteiger partial charge in [0, 0.05) is 31.6 Å². The van der Waals surface area contributed by atoms with Gasteiger partial charge < -0.3 is 14.5 Å². The summed E-state index contributed by atoms with van der Waals surface area (Å²) >= 11 is 0. The number of anilines is 1. The number of ether oxygens (including phenoxy) is 1. The second-order valence-electron chi connectivity index (χ2n) is 8.94. The summed E-state index contributed by atoms with van der Waals surface area (Å²) in [5.41, 5.74) is 1.71. The number of carbonyl (C=O) groups excluding carboxylic acids is 1. The number of fused-ring (bicyclic) bond motifs is 1. The van der Waals surface area contributed by atoms with E-state index in [0.717, 1.165) is 31.6 Å². The molecule has 0 atom stereocenters. The molecule has 1 saturated heterocycles. The van der Waals surface area contributed by atoms with E-state index >= 15 is 0 Å².